The van der Waals surface area contributed by atoms with Crippen LogP contribution < -0.4 is 0 Å². The molecule has 9 aliphatic rings. The highest BCUT2D eigenvalue weighted by Gasteiger charge is 2.59. The first-order chi connectivity index (χ1) is 15.0. The summed E-state index contributed by atoms with van der Waals surface area (Å²) in [4.78, 5) is 30.9. The predicted octanol–water partition coefficient (Wildman–Crippen LogP) is 5.76. The minimum absolute atomic E-state index is 0.0657. The lowest BCUT2D eigenvalue weighted by atomic mass is 9.47. The van der Waals surface area contributed by atoms with E-state index >= 15 is 0 Å². The maximum absolute atomic E-state index is 14.4. The van der Waals surface area contributed by atoms with Crippen LogP contribution in [0.2, 0.25) is 0 Å². The first-order valence-electron chi connectivity index (χ1n) is 13.9. The minimum atomic E-state index is -0.0981. The van der Waals surface area contributed by atoms with E-state index in [1.54, 1.807) is 0 Å². The average Bonchev–Trinajstić information content (AvgIpc) is 2.96. The summed E-state index contributed by atoms with van der Waals surface area (Å²) in [6.07, 6.45) is 19.5. The molecule has 9 rings (SSSR count). The van der Waals surface area contributed by atoms with Gasteiger partial charge in [0.25, 0.3) is 0 Å². The second-order valence-electron chi connectivity index (χ2n) is 13.6. The monoisotopic (exact) mass is 423 g/mol. The van der Waals surface area contributed by atoms with Crippen LogP contribution in [0.3, 0.4) is 0 Å². The van der Waals surface area contributed by atoms with Gasteiger partial charge >= 0.3 is 0 Å². The quantitative estimate of drug-likeness (QED) is 0.579. The molecule has 170 valence electrons. The molecular weight excluding hydrogens is 382 g/mol. The zero-order chi connectivity index (χ0) is 20.8. The zero-order valence-electron chi connectivity index (χ0n) is 19.3. The predicted molar refractivity (Wildman–Crippen MR) is 120 cm³/mol. The molecule has 1 saturated heterocycles. The average molecular weight is 424 g/mol. The first kappa shape index (κ1) is 19.6. The highest BCUT2D eigenvalue weighted by Crippen LogP contribution is 2.62. The third kappa shape index (κ3) is 2.96. The highest BCUT2D eigenvalue weighted by atomic mass is 16.2. The summed E-state index contributed by atoms with van der Waals surface area (Å²) < 4.78 is 0. The lowest BCUT2D eigenvalue weighted by Gasteiger charge is -2.58. The van der Waals surface area contributed by atoms with Crippen molar-refractivity contribution in [1.82, 2.24) is 4.90 Å². The van der Waals surface area contributed by atoms with Gasteiger partial charge in [-0.1, -0.05) is 12.8 Å². The molecule has 1 amide bonds. The van der Waals surface area contributed by atoms with Crippen molar-refractivity contribution >= 4 is 11.7 Å². The molecule has 3 heteroatoms. The number of hydrogen-bond acceptors (Lipinski definition) is 2. The first-order valence-corrected chi connectivity index (χ1v) is 13.9. The number of rotatable bonds is 3. The maximum Gasteiger partial charge on any atom is 0.229 e. The third-order valence-electron chi connectivity index (χ3n) is 11.4. The van der Waals surface area contributed by atoms with Crippen molar-refractivity contribution in [2.24, 2.45) is 46.3 Å². The molecule has 0 aromatic carbocycles. The van der Waals surface area contributed by atoms with Gasteiger partial charge in [0.15, 0.2) is 5.78 Å². The summed E-state index contributed by atoms with van der Waals surface area (Å²) in [6, 6.07) is -0.0979. The summed E-state index contributed by atoms with van der Waals surface area (Å²) in [6.45, 7) is 0.851. The molecule has 0 aromatic rings. The van der Waals surface area contributed by atoms with E-state index in [0.29, 0.717) is 11.7 Å². The Bertz CT molecular complexity index is 649. The van der Waals surface area contributed by atoms with Gasteiger partial charge in [-0.05, 0) is 125 Å². The standard InChI is InChI=1S/C28H41NO2/c30-25(27-12-18-6-19(13-27)8-20(7-18)14-27)24-4-2-1-3-5-29(24)26(31)28-15-21-9-22(16-28)11-23(10-21)17-28/h18-24H,1-17H2. The molecular formula is C28H41NO2. The number of hydrogen-bond donors (Lipinski definition) is 0. The molecule has 3 nitrogen and oxygen atoms in total. The van der Waals surface area contributed by atoms with Crippen molar-refractivity contribution in [3.05, 3.63) is 0 Å². The molecule has 0 radical (unpaired) electrons. The number of amides is 1. The number of Topliss-reactive ketones (excluding diaryl/α,β-unsaturated/α-hetero) is 1. The van der Waals surface area contributed by atoms with Crippen LogP contribution in [-0.2, 0) is 9.59 Å². The molecule has 8 saturated carbocycles. The molecule has 0 aromatic heterocycles. The van der Waals surface area contributed by atoms with Crippen LogP contribution >= 0.6 is 0 Å². The van der Waals surface area contributed by atoms with E-state index in [-0.39, 0.29) is 16.9 Å². The van der Waals surface area contributed by atoms with E-state index < -0.39 is 0 Å². The van der Waals surface area contributed by atoms with E-state index in [2.05, 4.69) is 4.90 Å². The molecule has 1 atom stereocenters. The van der Waals surface area contributed by atoms with Gasteiger partial charge in [-0.3, -0.25) is 9.59 Å². The normalized spacial score (nSPS) is 52.4. The molecule has 0 N–H and O–H groups in total. The topological polar surface area (TPSA) is 37.4 Å². The molecule has 1 unspecified atom stereocenters. The second kappa shape index (κ2) is 6.83. The molecule has 1 aliphatic heterocycles. The number of ketones is 1. The van der Waals surface area contributed by atoms with Crippen molar-refractivity contribution in [3.63, 3.8) is 0 Å². The second-order valence-corrected chi connectivity index (χ2v) is 13.6. The van der Waals surface area contributed by atoms with Crippen molar-refractivity contribution in [2.45, 2.75) is 109 Å². The minimum Gasteiger partial charge on any atom is -0.332 e. The van der Waals surface area contributed by atoms with Crippen LogP contribution in [0.5, 0.6) is 0 Å². The van der Waals surface area contributed by atoms with Crippen LogP contribution in [0.25, 0.3) is 0 Å². The lowest BCUT2D eigenvalue weighted by Crippen LogP contribution is -2.60. The van der Waals surface area contributed by atoms with Gasteiger partial charge in [-0.25, -0.2) is 0 Å². The Morgan fingerprint density at radius 1 is 0.581 bits per heavy atom. The molecule has 8 aliphatic carbocycles. The van der Waals surface area contributed by atoms with Crippen molar-refractivity contribution in [3.8, 4) is 0 Å². The Morgan fingerprint density at radius 2 is 1.03 bits per heavy atom. The van der Waals surface area contributed by atoms with Crippen LogP contribution in [-0.4, -0.2) is 29.2 Å². The SMILES string of the molecule is O=C(C1CCCCCN1C(=O)C12CC3CC(CC(C3)C1)C2)C12CC3CC(CC(C3)C1)C2. The smallest absolute Gasteiger partial charge is 0.229 e. The summed E-state index contributed by atoms with van der Waals surface area (Å²) in [5.74, 6) is 5.72. The number of likely N-dealkylation sites (tertiary alicyclic amines) is 1. The third-order valence-corrected chi connectivity index (χ3v) is 11.4. The van der Waals surface area contributed by atoms with Crippen molar-refractivity contribution in [2.75, 3.05) is 6.54 Å². The van der Waals surface area contributed by atoms with Crippen LogP contribution in [0, 0.1) is 46.3 Å². The summed E-state index contributed by atoms with van der Waals surface area (Å²) in [5, 5.41) is 0. The van der Waals surface area contributed by atoms with Crippen molar-refractivity contribution in [1.29, 1.82) is 0 Å². The largest absolute Gasteiger partial charge is 0.332 e. The van der Waals surface area contributed by atoms with Gasteiger partial charge < -0.3 is 4.90 Å². The van der Waals surface area contributed by atoms with Crippen molar-refractivity contribution < 1.29 is 9.59 Å². The van der Waals surface area contributed by atoms with Crippen LogP contribution in [0.4, 0.5) is 0 Å². The van der Waals surface area contributed by atoms with Gasteiger partial charge in [0.2, 0.25) is 5.91 Å². The van der Waals surface area contributed by atoms with E-state index in [0.717, 1.165) is 99.8 Å². The summed E-state index contributed by atoms with van der Waals surface area (Å²) in [5.41, 5.74) is -0.164. The molecule has 1 heterocycles. The summed E-state index contributed by atoms with van der Waals surface area (Å²) in [7, 11) is 0. The van der Waals surface area contributed by atoms with E-state index in [4.69, 9.17) is 0 Å². The molecule has 9 fully saturated rings. The number of nitrogens with zero attached hydrogens (tertiary/aromatic N) is 1. The number of carbonyl (C=O) groups excluding carboxylic acids is 2. The fourth-order valence-corrected chi connectivity index (χ4v) is 11.1. The Balaban J connectivity index is 1.19. The van der Waals surface area contributed by atoms with Crippen LogP contribution in [0.15, 0.2) is 0 Å². The van der Waals surface area contributed by atoms with Gasteiger partial charge in [-0.15, -0.1) is 0 Å². The Morgan fingerprint density at radius 3 is 1.52 bits per heavy atom. The van der Waals surface area contributed by atoms with E-state index in [9.17, 15) is 9.59 Å². The fourth-order valence-electron chi connectivity index (χ4n) is 11.1. The van der Waals surface area contributed by atoms with E-state index in [1.165, 1.54) is 44.9 Å². The number of carbonyl (C=O) groups is 2. The molecule has 31 heavy (non-hydrogen) atoms. The Kier molecular flexibility index (Phi) is 4.31. The Labute approximate surface area is 188 Å². The lowest BCUT2D eigenvalue weighted by molar-refractivity contribution is -0.166. The van der Waals surface area contributed by atoms with Gasteiger partial charge in [0.05, 0.1) is 11.5 Å². The molecule has 8 bridgehead atoms. The van der Waals surface area contributed by atoms with Gasteiger partial charge in [-0.2, -0.15) is 0 Å². The van der Waals surface area contributed by atoms with Gasteiger partial charge in [0.1, 0.15) is 0 Å². The molecule has 0 spiro atoms. The Hall–Kier alpha value is -0.860. The summed E-state index contributed by atoms with van der Waals surface area (Å²) >= 11 is 0. The fraction of sp³-hybridized carbons (Fsp3) is 0.929. The van der Waals surface area contributed by atoms with Crippen LogP contribution in [0.1, 0.15) is 103 Å². The zero-order valence-corrected chi connectivity index (χ0v) is 19.3. The maximum atomic E-state index is 14.4. The van der Waals surface area contributed by atoms with Gasteiger partial charge in [0, 0.05) is 12.0 Å². The van der Waals surface area contributed by atoms with E-state index in [1.807, 2.05) is 0 Å². The highest BCUT2D eigenvalue weighted by molar-refractivity contribution is 5.95.